The van der Waals surface area contributed by atoms with E-state index in [-0.39, 0.29) is 23.9 Å². The van der Waals surface area contributed by atoms with E-state index in [1.807, 2.05) is 25.7 Å². The van der Waals surface area contributed by atoms with E-state index in [4.69, 9.17) is 4.74 Å². The summed E-state index contributed by atoms with van der Waals surface area (Å²) in [6.45, 7) is 9.86. The predicted octanol–water partition coefficient (Wildman–Crippen LogP) is 4.59. The standard InChI is InChI=1S/C19H33N3O3.C6H5FS/c1-19(2,3)25-18(24)22-12-5-9-16(22)17(23)21-11-6-10-20(13-14-21)15-7-4-8-15;7-5-1-3-6(8)4-2-5/h15-16H,4-14H2,1-3H3;1-4,8H/t16-;/m1./s1. The molecule has 0 bridgehead atoms. The monoisotopic (exact) mass is 479 g/mol. The van der Waals surface area contributed by atoms with Crippen molar-refractivity contribution in [3.63, 3.8) is 0 Å². The van der Waals surface area contributed by atoms with Gasteiger partial charge in [-0.2, -0.15) is 0 Å². The lowest BCUT2D eigenvalue weighted by atomic mass is 9.91. The van der Waals surface area contributed by atoms with Gasteiger partial charge in [-0.05, 0) is 77.1 Å². The molecule has 184 valence electrons. The van der Waals surface area contributed by atoms with Crippen LogP contribution < -0.4 is 0 Å². The minimum absolute atomic E-state index is 0.110. The van der Waals surface area contributed by atoms with Gasteiger partial charge in [0.1, 0.15) is 17.5 Å². The highest BCUT2D eigenvalue weighted by Gasteiger charge is 2.39. The molecule has 2 saturated heterocycles. The van der Waals surface area contributed by atoms with Crippen LogP contribution in [-0.4, -0.2) is 77.1 Å². The molecule has 1 aromatic rings. The number of likely N-dealkylation sites (tertiary alicyclic amines) is 1. The summed E-state index contributed by atoms with van der Waals surface area (Å²) in [6, 6.07) is 6.37. The fraction of sp³-hybridized carbons (Fsp3) is 0.680. The van der Waals surface area contributed by atoms with E-state index >= 15 is 0 Å². The first-order valence-electron chi connectivity index (χ1n) is 12.1. The predicted molar refractivity (Wildman–Crippen MR) is 130 cm³/mol. The SMILES string of the molecule is CC(C)(C)OC(=O)N1CCC[C@@H]1C(=O)N1CCCN(C2CCC2)CC1.Fc1ccc(S)cc1. The number of carbonyl (C=O) groups is 2. The highest BCUT2D eigenvalue weighted by molar-refractivity contribution is 7.80. The second kappa shape index (κ2) is 11.6. The maximum absolute atomic E-state index is 13.1. The maximum Gasteiger partial charge on any atom is 0.410 e. The highest BCUT2D eigenvalue weighted by Crippen LogP contribution is 2.27. The van der Waals surface area contributed by atoms with Crippen molar-refractivity contribution in [2.75, 3.05) is 32.7 Å². The van der Waals surface area contributed by atoms with Crippen molar-refractivity contribution >= 4 is 24.6 Å². The molecule has 2 amide bonds. The Morgan fingerprint density at radius 2 is 1.64 bits per heavy atom. The number of thiol groups is 1. The Kier molecular flexibility index (Phi) is 9.04. The highest BCUT2D eigenvalue weighted by atomic mass is 32.1. The number of hydrogen-bond donors (Lipinski definition) is 1. The second-order valence-electron chi connectivity index (χ2n) is 10.1. The molecule has 1 aliphatic carbocycles. The Labute approximate surface area is 202 Å². The van der Waals surface area contributed by atoms with Crippen LogP contribution in [0.1, 0.15) is 59.3 Å². The molecule has 8 heteroatoms. The molecule has 1 atom stereocenters. The van der Waals surface area contributed by atoms with E-state index in [0.29, 0.717) is 6.54 Å². The number of carbonyl (C=O) groups excluding carboxylic acids is 2. The van der Waals surface area contributed by atoms with Crippen LogP contribution in [0.2, 0.25) is 0 Å². The van der Waals surface area contributed by atoms with Crippen LogP contribution in [0.5, 0.6) is 0 Å². The number of nitrogens with zero attached hydrogens (tertiary/aromatic N) is 3. The van der Waals surface area contributed by atoms with Crippen molar-refractivity contribution in [3.8, 4) is 0 Å². The van der Waals surface area contributed by atoms with E-state index in [0.717, 1.165) is 56.4 Å². The van der Waals surface area contributed by atoms with Crippen LogP contribution in [-0.2, 0) is 9.53 Å². The smallest absolute Gasteiger partial charge is 0.410 e. The topological polar surface area (TPSA) is 53.1 Å². The zero-order valence-electron chi connectivity index (χ0n) is 20.1. The third-order valence-corrected chi connectivity index (χ3v) is 6.72. The molecule has 0 unspecified atom stereocenters. The lowest BCUT2D eigenvalue weighted by molar-refractivity contribution is -0.135. The quantitative estimate of drug-likeness (QED) is 0.631. The van der Waals surface area contributed by atoms with Gasteiger partial charge in [-0.25, -0.2) is 9.18 Å². The molecule has 33 heavy (non-hydrogen) atoms. The molecule has 4 rings (SSSR count). The van der Waals surface area contributed by atoms with Gasteiger partial charge < -0.3 is 9.64 Å². The van der Waals surface area contributed by atoms with Crippen LogP contribution in [0.4, 0.5) is 9.18 Å². The fourth-order valence-corrected chi connectivity index (χ4v) is 4.64. The minimum atomic E-state index is -0.529. The van der Waals surface area contributed by atoms with Crippen LogP contribution in [0.15, 0.2) is 29.2 Å². The zero-order chi connectivity index (χ0) is 24.0. The van der Waals surface area contributed by atoms with E-state index in [2.05, 4.69) is 17.5 Å². The number of amides is 2. The first kappa shape index (κ1) is 25.8. The number of halogens is 1. The molecule has 3 fully saturated rings. The van der Waals surface area contributed by atoms with Gasteiger partial charge in [-0.1, -0.05) is 6.42 Å². The van der Waals surface area contributed by atoms with Gasteiger partial charge >= 0.3 is 6.09 Å². The van der Waals surface area contributed by atoms with E-state index in [9.17, 15) is 14.0 Å². The van der Waals surface area contributed by atoms with Crippen molar-refractivity contribution in [2.24, 2.45) is 0 Å². The Bertz CT molecular complexity index is 774. The van der Waals surface area contributed by atoms with Crippen LogP contribution >= 0.6 is 12.6 Å². The molecule has 2 heterocycles. The molecule has 6 nitrogen and oxygen atoms in total. The molecule has 0 N–H and O–H groups in total. The summed E-state index contributed by atoms with van der Waals surface area (Å²) in [5, 5.41) is 0. The summed E-state index contributed by atoms with van der Waals surface area (Å²) in [5.41, 5.74) is -0.529. The number of benzene rings is 1. The second-order valence-corrected chi connectivity index (χ2v) is 10.6. The average molecular weight is 480 g/mol. The van der Waals surface area contributed by atoms with Gasteiger partial charge in [-0.15, -0.1) is 12.6 Å². The van der Waals surface area contributed by atoms with Gasteiger partial charge in [0.25, 0.3) is 0 Å². The molecule has 1 saturated carbocycles. The minimum Gasteiger partial charge on any atom is -0.444 e. The molecule has 2 aliphatic heterocycles. The lowest BCUT2D eigenvalue weighted by Crippen LogP contribution is -2.50. The van der Waals surface area contributed by atoms with Crippen LogP contribution in [0.3, 0.4) is 0 Å². The third kappa shape index (κ3) is 7.60. The van der Waals surface area contributed by atoms with Crippen LogP contribution in [0.25, 0.3) is 0 Å². The molecular weight excluding hydrogens is 441 g/mol. The molecular formula is C25H38FN3O3S. The Hall–Kier alpha value is -1.80. The molecule has 0 radical (unpaired) electrons. The molecule has 1 aromatic carbocycles. The number of ether oxygens (including phenoxy) is 1. The first-order valence-corrected chi connectivity index (χ1v) is 12.6. The maximum atomic E-state index is 13.1. The Morgan fingerprint density at radius 1 is 0.939 bits per heavy atom. The first-order chi connectivity index (χ1) is 15.6. The van der Waals surface area contributed by atoms with Gasteiger partial charge in [-0.3, -0.25) is 14.6 Å². The molecule has 0 spiro atoms. The summed E-state index contributed by atoms with van der Waals surface area (Å²) in [4.78, 5) is 32.4. The number of rotatable bonds is 2. The summed E-state index contributed by atoms with van der Waals surface area (Å²) in [7, 11) is 0. The Morgan fingerprint density at radius 3 is 2.21 bits per heavy atom. The summed E-state index contributed by atoms with van der Waals surface area (Å²) in [6.07, 6.45) is 6.26. The van der Waals surface area contributed by atoms with Crippen molar-refractivity contribution in [2.45, 2.75) is 81.9 Å². The third-order valence-electron chi connectivity index (χ3n) is 6.43. The van der Waals surface area contributed by atoms with Gasteiger partial charge in [0.05, 0.1) is 0 Å². The van der Waals surface area contributed by atoms with Crippen LogP contribution in [0, 0.1) is 5.82 Å². The average Bonchev–Trinajstić information content (AvgIpc) is 3.08. The Balaban J connectivity index is 0.000000323. The lowest BCUT2D eigenvalue weighted by Gasteiger charge is -2.37. The van der Waals surface area contributed by atoms with Gasteiger partial charge in [0.15, 0.2) is 0 Å². The molecule has 0 aromatic heterocycles. The van der Waals surface area contributed by atoms with Gasteiger partial charge in [0.2, 0.25) is 5.91 Å². The van der Waals surface area contributed by atoms with Gasteiger partial charge in [0, 0.05) is 43.7 Å². The molecule has 3 aliphatic rings. The zero-order valence-corrected chi connectivity index (χ0v) is 21.0. The van der Waals surface area contributed by atoms with Crippen molar-refractivity contribution in [1.29, 1.82) is 0 Å². The largest absolute Gasteiger partial charge is 0.444 e. The fourth-order valence-electron chi connectivity index (χ4n) is 4.49. The van der Waals surface area contributed by atoms with Crippen molar-refractivity contribution < 1.29 is 18.7 Å². The summed E-state index contributed by atoms with van der Waals surface area (Å²) in [5.74, 6) is -0.110. The van der Waals surface area contributed by atoms with Crippen molar-refractivity contribution in [1.82, 2.24) is 14.7 Å². The van der Waals surface area contributed by atoms with E-state index < -0.39 is 5.60 Å². The number of hydrogen-bond acceptors (Lipinski definition) is 5. The van der Waals surface area contributed by atoms with Crippen molar-refractivity contribution in [3.05, 3.63) is 30.1 Å². The summed E-state index contributed by atoms with van der Waals surface area (Å²) < 4.78 is 17.5. The summed E-state index contributed by atoms with van der Waals surface area (Å²) >= 11 is 3.97. The normalized spacial score (nSPS) is 22.2. The van der Waals surface area contributed by atoms with E-state index in [1.54, 1.807) is 17.0 Å². The van der Waals surface area contributed by atoms with E-state index in [1.165, 1.54) is 31.4 Å².